The standard InChI is InChI=1S/C21H28N2O2S/c1-6-20(16-9-7-15(8-10-16)14(2)3)23-21(26)22-17-11-18(24-4)13-19(12-17)25-5/h7-14,20H,6H2,1-5H3,(H2,22,23,26). The van der Waals surface area contributed by atoms with Gasteiger partial charge in [0.1, 0.15) is 11.5 Å². The average Bonchev–Trinajstić information content (AvgIpc) is 2.65. The molecule has 0 amide bonds. The lowest BCUT2D eigenvalue weighted by atomic mass is 9.98. The van der Waals surface area contributed by atoms with Gasteiger partial charge in [-0.05, 0) is 35.7 Å². The summed E-state index contributed by atoms with van der Waals surface area (Å²) in [6, 6.07) is 14.5. The highest BCUT2D eigenvalue weighted by Crippen LogP contribution is 2.26. The van der Waals surface area contributed by atoms with E-state index in [1.807, 2.05) is 18.2 Å². The predicted molar refractivity (Wildman–Crippen MR) is 112 cm³/mol. The maximum absolute atomic E-state index is 5.50. The first-order valence-electron chi connectivity index (χ1n) is 8.87. The van der Waals surface area contributed by atoms with Crippen LogP contribution in [-0.2, 0) is 0 Å². The first kappa shape index (κ1) is 20.0. The van der Waals surface area contributed by atoms with E-state index in [4.69, 9.17) is 21.7 Å². The Hall–Kier alpha value is -2.27. The van der Waals surface area contributed by atoms with Crippen LogP contribution in [0.2, 0.25) is 0 Å². The van der Waals surface area contributed by atoms with Crippen molar-refractivity contribution in [2.24, 2.45) is 0 Å². The second-order valence-corrected chi connectivity index (χ2v) is 6.89. The Kier molecular flexibility index (Phi) is 7.27. The van der Waals surface area contributed by atoms with Gasteiger partial charge in [-0.1, -0.05) is 45.0 Å². The van der Waals surface area contributed by atoms with Crippen LogP contribution in [0.25, 0.3) is 0 Å². The molecule has 2 rings (SSSR count). The van der Waals surface area contributed by atoms with Gasteiger partial charge in [0, 0.05) is 23.9 Å². The fourth-order valence-electron chi connectivity index (χ4n) is 2.74. The summed E-state index contributed by atoms with van der Waals surface area (Å²) in [5.41, 5.74) is 3.39. The summed E-state index contributed by atoms with van der Waals surface area (Å²) < 4.78 is 10.6. The molecule has 0 fully saturated rings. The van der Waals surface area contributed by atoms with Crippen molar-refractivity contribution in [1.82, 2.24) is 5.32 Å². The van der Waals surface area contributed by atoms with Crippen LogP contribution in [0.3, 0.4) is 0 Å². The third-order valence-electron chi connectivity index (χ3n) is 4.33. The van der Waals surface area contributed by atoms with Gasteiger partial charge < -0.3 is 20.1 Å². The molecule has 26 heavy (non-hydrogen) atoms. The first-order chi connectivity index (χ1) is 12.5. The summed E-state index contributed by atoms with van der Waals surface area (Å²) in [4.78, 5) is 0. The van der Waals surface area contributed by atoms with Crippen molar-refractivity contribution in [1.29, 1.82) is 0 Å². The minimum absolute atomic E-state index is 0.156. The molecule has 0 aliphatic carbocycles. The molecule has 1 atom stereocenters. The zero-order valence-electron chi connectivity index (χ0n) is 16.1. The van der Waals surface area contributed by atoms with Crippen LogP contribution >= 0.6 is 12.2 Å². The molecule has 0 aliphatic rings. The molecule has 2 aromatic carbocycles. The molecular formula is C21H28N2O2S. The Labute approximate surface area is 161 Å². The minimum Gasteiger partial charge on any atom is -0.497 e. The fraction of sp³-hybridized carbons (Fsp3) is 0.381. The Morgan fingerprint density at radius 2 is 1.50 bits per heavy atom. The predicted octanol–water partition coefficient (Wildman–Crippen LogP) is 5.26. The smallest absolute Gasteiger partial charge is 0.171 e. The van der Waals surface area contributed by atoms with E-state index in [0.29, 0.717) is 22.5 Å². The van der Waals surface area contributed by atoms with Crippen LogP contribution in [-0.4, -0.2) is 19.3 Å². The molecule has 140 valence electrons. The largest absolute Gasteiger partial charge is 0.497 e. The molecule has 5 heteroatoms. The lowest BCUT2D eigenvalue weighted by Gasteiger charge is -2.21. The molecule has 0 bridgehead atoms. The van der Waals surface area contributed by atoms with E-state index in [0.717, 1.165) is 12.1 Å². The van der Waals surface area contributed by atoms with E-state index < -0.39 is 0 Å². The number of hydrogen-bond donors (Lipinski definition) is 2. The lowest BCUT2D eigenvalue weighted by Crippen LogP contribution is -2.32. The summed E-state index contributed by atoms with van der Waals surface area (Å²) in [6.07, 6.45) is 0.935. The van der Waals surface area contributed by atoms with Gasteiger partial charge in [-0.15, -0.1) is 0 Å². The summed E-state index contributed by atoms with van der Waals surface area (Å²) in [7, 11) is 3.26. The number of methoxy groups -OCH3 is 2. The van der Waals surface area contributed by atoms with Gasteiger partial charge in [-0.2, -0.15) is 0 Å². The Morgan fingerprint density at radius 1 is 0.962 bits per heavy atom. The van der Waals surface area contributed by atoms with Crippen LogP contribution in [0, 0.1) is 0 Å². The quantitative estimate of drug-likeness (QED) is 0.649. The van der Waals surface area contributed by atoms with E-state index in [1.165, 1.54) is 11.1 Å². The number of rotatable bonds is 7. The van der Waals surface area contributed by atoms with Crippen molar-refractivity contribution in [3.05, 3.63) is 53.6 Å². The van der Waals surface area contributed by atoms with Crippen LogP contribution in [0.1, 0.15) is 50.3 Å². The van der Waals surface area contributed by atoms with Crippen molar-refractivity contribution in [2.75, 3.05) is 19.5 Å². The van der Waals surface area contributed by atoms with Crippen LogP contribution in [0.15, 0.2) is 42.5 Å². The van der Waals surface area contributed by atoms with E-state index >= 15 is 0 Å². The molecule has 0 radical (unpaired) electrons. The highest BCUT2D eigenvalue weighted by atomic mass is 32.1. The summed E-state index contributed by atoms with van der Waals surface area (Å²) in [5.74, 6) is 1.96. The maximum atomic E-state index is 5.50. The second-order valence-electron chi connectivity index (χ2n) is 6.48. The van der Waals surface area contributed by atoms with Crippen LogP contribution in [0.5, 0.6) is 11.5 Å². The van der Waals surface area contributed by atoms with Gasteiger partial charge in [-0.25, -0.2) is 0 Å². The molecule has 2 aromatic rings. The van der Waals surface area contributed by atoms with Gasteiger partial charge in [0.15, 0.2) is 5.11 Å². The summed E-state index contributed by atoms with van der Waals surface area (Å²) in [5, 5.41) is 7.18. The fourth-order valence-corrected chi connectivity index (χ4v) is 3.00. The molecule has 0 aliphatic heterocycles. The monoisotopic (exact) mass is 372 g/mol. The van der Waals surface area contributed by atoms with Gasteiger partial charge in [0.25, 0.3) is 0 Å². The zero-order chi connectivity index (χ0) is 19.1. The first-order valence-corrected chi connectivity index (χ1v) is 9.28. The third-order valence-corrected chi connectivity index (χ3v) is 4.55. The maximum Gasteiger partial charge on any atom is 0.171 e. The van der Waals surface area contributed by atoms with Crippen molar-refractivity contribution in [3.63, 3.8) is 0 Å². The van der Waals surface area contributed by atoms with Gasteiger partial charge in [0.2, 0.25) is 0 Å². The molecule has 0 heterocycles. The SMILES string of the molecule is CCC(NC(=S)Nc1cc(OC)cc(OC)c1)c1ccc(C(C)C)cc1. The third kappa shape index (κ3) is 5.36. The summed E-state index contributed by atoms with van der Waals surface area (Å²) in [6.45, 7) is 6.54. The van der Waals surface area contributed by atoms with Gasteiger partial charge in [0.05, 0.1) is 20.3 Å². The average molecular weight is 373 g/mol. The number of anilines is 1. The molecule has 0 spiro atoms. The van der Waals surface area contributed by atoms with Crippen LogP contribution in [0.4, 0.5) is 5.69 Å². The Morgan fingerprint density at radius 3 is 1.96 bits per heavy atom. The molecule has 2 N–H and O–H groups in total. The number of hydrogen-bond acceptors (Lipinski definition) is 3. The van der Waals surface area contributed by atoms with Crippen molar-refractivity contribution < 1.29 is 9.47 Å². The number of thiocarbonyl (C=S) groups is 1. The minimum atomic E-state index is 0.156. The number of benzene rings is 2. The van der Waals surface area contributed by atoms with E-state index in [1.54, 1.807) is 14.2 Å². The van der Waals surface area contributed by atoms with Crippen molar-refractivity contribution in [2.45, 2.75) is 39.2 Å². The molecular weight excluding hydrogens is 344 g/mol. The highest BCUT2D eigenvalue weighted by Gasteiger charge is 2.12. The van der Waals surface area contributed by atoms with E-state index in [9.17, 15) is 0 Å². The van der Waals surface area contributed by atoms with Crippen molar-refractivity contribution >= 4 is 23.0 Å². The number of nitrogens with one attached hydrogen (secondary N) is 2. The normalized spacial score (nSPS) is 11.8. The highest BCUT2D eigenvalue weighted by molar-refractivity contribution is 7.80. The molecule has 0 aromatic heterocycles. The van der Waals surface area contributed by atoms with Gasteiger partial charge >= 0.3 is 0 Å². The number of ether oxygens (including phenoxy) is 2. The van der Waals surface area contributed by atoms with Gasteiger partial charge in [-0.3, -0.25) is 0 Å². The molecule has 4 nitrogen and oxygen atoms in total. The second kappa shape index (κ2) is 9.43. The molecule has 1 unspecified atom stereocenters. The van der Waals surface area contributed by atoms with Crippen LogP contribution < -0.4 is 20.1 Å². The van der Waals surface area contributed by atoms with E-state index in [2.05, 4.69) is 55.7 Å². The zero-order valence-corrected chi connectivity index (χ0v) is 16.9. The Balaban J connectivity index is 2.07. The van der Waals surface area contributed by atoms with Crippen molar-refractivity contribution in [3.8, 4) is 11.5 Å². The van der Waals surface area contributed by atoms with E-state index in [-0.39, 0.29) is 6.04 Å². The molecule has 0 saturated heterocycles. The topological polar surface area (TPSA) is 42.5 Å². The molecule has 0 saturated carbocycles. The summed E-state index contributed by atoms with van der Waals surface area (Å²) >= 11 is 5.50. The lowest BCUT2D eigenvalue weighted by molar-refractivity contribution is 0.395. The Bertz CT molecular complexity index is 707.